The molecular weight excluding hydrogens is 779 g/mol. The molecule has 0 saturated carbocycles. The molecule has 2 N–H and O–H groups in total. The van der Waals surface area contributed by atoms with Crippen molar-refractivity contribution in [2.45, 2.75) is 71.1 Å². The molecule has 0 radical (unpaired) electrons. The Morgan fingerprint density at radius 1 is 0.444 bits per heavy atom. The third-order valence-electron chi connectivity index (χ3n) is 11.8. The Morgan fingerprint density at radius 2 is 0.889 bits per heavy atom. The standard InChI is InChI=1S/C54H53N7O2/c1-3-4-5-6-7-8-9-10-11-12-32-63-49-28-19-37(33-50(49)62-2)51-41-20-22-43(58-41)52(38-16-13-29-55-34-38)45-24-26-47(60-45)54(40-18-15-31-57-36-40)48-27-25-46(61-48)53(39-17-14-30-56-35-39)44-23-21-42(51)59-44/h13-31,33-36,60-61H,3-12,32H2,1-2H3. The molecule has 0 aliphatic carbocycles. The van der Waals surface area contributed by atoms with Gasteiger partial charge in [0.2, 0.25) is 0 Å². The van der Waals surface area contributed by atoms with Crippen molar-refractivity contribution in [1.29, 1.82) is 0 Å². The Bertz CT molecular complexity index is 2760. The molecule has 0 fully saturated rings. The molecule has 0 unspecified atom stereocenters. The maximum atomic E-state index is 6.35. The second-order valence-electron chi connectivity index (χ2n) is 16.1. The zero-order valence-corrected chi connectivity index (χ0v) is 36.1. The van der Waals surface area contributed by atoms with Crippen LogP contribution in [-0.2, 0) is 0 Å². The Balaban J connectivity index is 1.19. The summed E-state index contributed by atoms with van der Waals surface area (Å²) in [5.41, 5.74) is 14.3. The number of nitrogens with zero attached hydrogens (tertiary/aromatic N) is 5. The average Bonchev–Trinajstić information content (AvgIpc) is 4.18. The van der Waals surface area contributed by atoms with Crippen LogP contribution in [0.25, 0.3) is 90.9 Å². The van der Waals surface area contributed by atoms with E-state index in [2.05, 4.69) is 105 Å². The van der Waals surface area contributed by atoms with Gasteiger partial charge in [-0.3, -0.25) is 15.0 Å². The molecule has 8 bridgehead atoms. The van der Waals surface area contributed by atoms with Gasteiger partial charge in [0.25, 0.3) is 0 Å². The van der Waals surface area contributed by atoms with Crippen molar-refractivity contribution in [2.24, 2.45) is 0 Å². The smallest absolute Gasteiger partial charge is 0.161 e. The fourth-order valence-electron chi connectivity index (χ4n) is 8.67. The van der Waals surface area contributed by atoms with Gasteiger partial charge in [0.1, 0.15) is 0 Å². The van der Waals surface area contributed by atoms with Crippen molar-refractivity contribution < 1.29 is 9.47 Å². The van der Waals surface area contributed by atoms with Gasteiger partial charge in [0.15, 0.2) is 11.5 Å². The minimum Gasteiger partial charge on any atom is -0.493 e. The van der Waals surface area contributed by atoms with Gasteiger partial charge in [-0.05, 0) is 90.9 Å². The highest BCUT2D eigenvalue weighted by Crippen LogP contribution is 2.40. The maximum Gasteiger partial charge on any atom is 0.161 e. The molecule has 2 aliphatic rings. The zero-order valence-electron chi connectivity index (χ0n) is 36.1. The van der Waals surface area contributed by atoms with E-state index >= 15 is 0 Å². The lowest BCUT2D eigenvalue weighted by atomic mass is 10.0. The summed E-state index contributed by atoms with van der Waals surface area (Å²) in [6.45, 7) is 2.92. The van der Waals surface area contributed by atoms with Crippen molar-refractivity contribution in [3.8, 4) is 56.0 Å². The molecule has 0 amide bonds. The van der Waals surface area contributed by atoms with Crippen LogP contribution in [0.3, 0.4) is 0 Å². The first-order valence-electron chi connectivity index (χ1n) is 22.4. The highest BCUT2D eigenvalue weighted by atomic mass is 16.5. The van der Waals surface area contributed by atoms with Gasteiger partial charge >= 0.3 is 0 Å². The van der Waals surface area contributed by atoms with Crippen LogP contribution in [0.1, 0.15) is 93.9 Å². The number of rotatable bonds is 17. The third-order valence-corrected chi connectivity index (χ3v) is 11.8. The van der Waals surface area contributed by atoms with Crippen molar-refractivity contribution >= 4 is 46.4 Å². The quantitative estimate of drug-likeness (QED) is 0.0878. The van der Waals surface area contributed by atoms with Gasteiger partial charge in [-0.25, -0.2) is 9.97 Å². The Kier molecular flexibility index (Phi) is 12.9. The lowest BCUT2D eigenvalue weighted by Gasteiger charge is -2.13. The summed E-state index contributed by atoms with van der Waals surface area (Å²) in [7, 11) is 1.70. The predicted octanol–water partition coefficient (Wildman–Crippen LogP) is 13.8. The van der Waals surface area contributed by atoms with E-state index < -0.39 is 0 Å². The largest absolute Gasteiger partial charge is 0.493 e. The lowest BCUT2D eigenvalue weighted by Crippen LogP contribution is -2.00. The molecular formula is C54H53N7O2. The molecule has 1 aromatic carbocycles. The molecule has 7 aromatic rings. The van der Waals surface area contributed by atoms with Crippen molar-refractivity contribution in [2.75, 3.05) is 13.7 Å². The second-order valence-corrected chi connectivity index (χ2v) is 16.1. The molecule has 9 nitrogen and oxygen atoms in total. The number of H-pyrrole nitrogens is 2. The first-order chi connectivity index (χ1) is 31.2. The van der Waals surface area contributed by atoms with Crippen LogP contribution in [0, 0.1) is 0 Å². The summed E-state index contributed by atoms with van der Waals surface area (Å²) in [6.07, 6.45) is 32.1. The number of hydrogen-bond donors (Lipinski definition) is 2. The third kappa shape index (κ3) is 9.24. The van der Waals surface area contributed by atoms with Gasteiger partial charge < -0.3 is 19.4 Å². The van der Waals surface area contributed by atoms with Crippen LogP contribution < -0.4 is 9.47 Å². The minimum atomic E-state index is 0.645. The molecule has 63 heavy (non-hydrogen) atoms. The number of pyridine rings is 3. The monoisotopic (exact) mass is 831 g/mol. The highest BCUT2D eigenvalue weighted by Gasteiger charge is 2.21. The fraction of sp³-hybridized carbons (Fsp3) is 0.241. The van der Waals surface area contributed by atoms with Crippen LogP contribution >= 0.6 is 0 Å². The first-order valence-corrected chi connectivity index (χ1v) is 22.4. The number of aromatic amines is 2. The molecule has 0 atom stereocenters. The zero-order chi connectivity index (χ0) is 42.8. The van der Waals surface area contributed by atoms with Crippen LogP contribution in [0.5, 0.6) is 11.5 Å². The maximum absolute atomic E-state index is 6.35. The fourth-order valence-corrected chi connectivity index (χ4v) is 8.67. The number of fused-ring (bicyclic) bond motifs is 8. The summed E-state index contributed by atoms with van der Waals surface area (Å²) >= 11 is 0. The van der Waals surface area contributed by atoms with Gasteiger partial charge in [0, 0.05) is 98.2 Å². The summed E-state index contributed by atoms with van der Waals surface area (Å²) in [5.74, 6) is 1.40. The molecule has 2 aliphatic heterocycles. The molecule has 316 valence electrons. The normalized spacial score (nSPS) is 11.9. The van der Waals surface area contributed by atoms with E-state index in [1.807, 2.05) is 48.9 Å². The van der Waals surface area contributed by atoms with Gasteiger partial charge in [-0.2, -0.15) is 0 Å². The summed E-state index contributed by atoms with van der Waals surface area (Å²) < 4.78 is 12.4. The van der Waals surface area contributed by atoms with E-state index in [0.717, 1.165) is 108 Å². The van der Waals surface area contributed by atoms with Gasteiger partial charge in [-0.1, -0.05) is 89.0 Å². The van der Waals surface area contributed by atoms with Crippen molar-refractivity contribution in [3.05, 3.63) is 139 Å². The Hall–Kier alpha value is -7.13. The van der Waals surface area contributed by atoms with Crippen LogP contribution in [0.2, 0.25) is 0 Å². The van der Waals surface area contributed by atoms with Crippen LogP contribution in [-0.4, -0.2) is 48.6 Å². The molecule has 0 saturated heterocycles. The second kappa shape index (κ2) is 19.7. The van der Waals surface area contributed by atoms with E-state index in [9.17, 15) is 0 Å². The minimum absolute atomic E-state index is 0.645. The number of ether oxygens (including phenoxy) is 2. The number of aromatic nitrogens is 7. The SMILES string of the molecule is CCCCCCCCCCCCOc1ccc(-c2c3nc(c(-c4cccnc4)c4ccc([nH]4)c(-c4cccnc4)c4ccc([nH]4)c(-c4cccnc4)c4nc2C=C4)C=C3)cc1OC. The van der Waals surface area contributed by atoms with Crippen LogP contribution in [0.4, 0.5) is 0 Å². The molecule has 9 heteroatoms. The Labute approximate surface area is 369 Å². The van der Waals surface area contributed by atoms with E-state index in [1.165, 1.54) is 51.4 Å². The van der Waals surface area contributed by atoms with E-state index in [4.69, 9.17) is 19.4 Å². The average molecular weight is 832 g/mol. The van der Waals surface area contributed by atoms with E-state index in [0.29, 0.717) is 12.4 Å². The predicted molar refractivity (Wildman–Crippen MR) is 258 cm³/mol. The van der Waals surface area contributed by atoms with Crippen molar-refractivity contribution in [1.82, 2.24) is 34.9 Å². The summed E-state index contributed by atoms with van der Waals surface area (Å²) in [5, 5.41) is 0. The summed E-state index contributed by atoms with van der Waals surface area (Å²) in [4.78, 5) is 31.9. The highest BCUT2D eigenvalue weighted by molar-refractivity contribution is 6.00. The Morgan fingerprint density at radius 3 is 1.35 bits per heavy atom. The van der Waals surface area contributed by atoms with Crippen LogP contribution in [0.15, 0.2) is 116 Å². The number of nitrogens with one attached hydrogen (secondary N) is 2. The molecule has 8 heterocycles. The molecule has 6 aromatic heterocycles. The number of benzene rings is 1. The molecule has 9 rings (SSSR count). The number of unbranched alkanes of at least 4 members (excludes halogenated alkanes) is 9. The van der Waals surface area contributed by atoms with Gasteiger partial charge in [0.05, 0.1) is 36.5 Å². The molecule has 0 spiro atoms. The topological polar surface area (TPSA) is 114 Å². The number of methoxy groups -OCH3 is 1. The summed E-state index contributed by atoms with van der Waals surface area (Å²) in [6, 6.07) is 26.7. The van der Waals surface area contributed by atoms with E-state index in [1.54, 1.807) is 25.7 Å². The number of hydrogen-bond acceptors (Lipinski definition) is 7. The lowest BCUT2D eigenvalue weighted by molar-refractivity contribution is 0.284. The van der Waals surface area contributed by atoms with Gasteiger partial charge in [-0.15, -0.1) is 0 Å². The van der Waals surface area contributed by atoms with Crippen molar-refractivity contribution in [3.63, 3.8) is 0 Å². The van der Waals surface area contributed by atoms with E-state index in [-0.39, 0.29) is 0 Å². The first kappa shape index (κ1) is 41.2.